The number of anilines is 1. The lowest BCUT2D eigenvalue weighted by molar-refractivity contribution is 0.102. The van der Waals surface area contributed by atoms with Crippen LogP contribution in [0.15, 0.2) is 53.4 Å². The SMILES string of the molecule is Cc1noc(C)c1COc1ccc(C(=O)Nc2ccc3nncn3c2)cc1. The molecule has 0 aliphatic rings. The van der Waals surface area contributed by atoms with E-state index >= 15 is 0 Å². The van der Waals surface area contributed by atoms with Gasteiger partial charge in [0.1, 0.15) is 24.4 Å². The first-order valence-electron chi connectivity index (χ1n) is 8.35. The van der Waals surface area contributed by atoms with E-state index in [2.05, 4.69) is 20.7 Å². The Morgan fingerprint density at radius 1 is 1.19 bits per heavy atom. The molecule has 1 aromatic carbocycles. The molecule has 3 heterocycles. The zero-order valence-electron chi connectivity index (χ0n) is 14.8. The lowest BCUT2D eigenvalue weighted by Crippen LogP contribution is -2.12. The maximum atomic E-state index is 12.4. The molecule has 3 aromatic heterocycles. The van der Waals surface area contributed by atoms with Crippen molar-refractivity contribution in [1.82, 2.24) is 19.8 Å². The number of hydrogen-bond donors (Lipinski definition) is 1. The van der Waals surface area contributed by atoms with Crippen molar-refractivity contribution in [1.29, 1.82) is 0 Å². The van der Waals surface area contributed by atoms with Gasteiger partial charge in [0.15, 0.2) is 5.65 Å². The van der Waals surface area contributed by atoms with Gasteiger partial charge in [0.05, 0.1) is 16.9 Å². The van der Waals surface area contributed by atoms with E-state index in [1.54, 1.807) is 53.3 Å². The van der Waals surface area contributed by atoms with Gasteiger partial charge in [-0.15, -0.1) is 10.2 Å². The Balaban J connectivity index is 1.41. The van der Waals surface area contributed by atoms with Crippen molar-refractivity contribution in [2.24, 2.45) is 0 Å². The Morgan fingerprint density at radius 2 is 2.00 bits per heavy atom. The largest absolute Gasteiger partial charge is 0.489 e. The molecule has 8 heteroatoms. The molecular weight excluding hydrogens is 346 g/mol. The van der Waals surface area contributed by atoms with Crippen molar-refractivity contribution < 1.29 is 14.1 Å². The lowest BCUT2D eigenvalue weighted by atomic mass is 10.2. The summed E-state index contributed by atoms with van der Waals surface area (Å²) in [6.07, 6.45) is 3.34. The average Bonchev–Trinajstić information content (AvgIpc) is 3.26. The number of hydrogen-bond acceptors (Lipinski definition) is 6. The maximum Gasteiger partial charge on any atom is 0.255 e. The minimum atomic E-state index is -0.209. The molecule has 0 fully saturated rings. The summed E-state index contributed by atoms with van der Waals surface area (Å²) in [6.45, 7) is 4.09. The third-order valence-corrected chi connectivity index (χ3v) is 4.23. The van der Waals surface area contributed by atoms with E-state index in [0.29, 0.717) is 29.3 Å². The van der Waals surface area contributed by atoms with Gasteiger partial charge in [-0.2, -0.15) is 0 Å². The summed E-state index contributed by atoms with van der Waals surface area (Å²) >= 11 is 0. The Kier molecular flexibility index (Phi) is 4.29. The van der Waals surface area contributed by atoms with Gasteiger partial charge in [-0.05, 0) is 50.2 Å². The fraction of sp³-hybridized carbons (Fsp3) is 0.158. The Labute approximate surface area is 154 Å². The van der Waals surface area contributed by atoms with Crippen LogP contribution >= 0.6 is 0 Å². The molecule has 0 unspecified atom stereocenters. The molecule has 0 spiro atoms. The van der Waals surface area contributed by atoms with Crippen LogP contribution in [-0.4, -0.2) is 25.7 Å². The number of nitrogens with one attached hydrogen (secondary N) is 1. The van der Waals surface area contributed by atoms with E-state index in [9.17, 15) is 4.79 Å². The van der Waals surface area contributed by atoms with Gasteiger partial charge in [0, 0.05) is 11.8 Å². The van der Waals surface area contributed by atoms with Crippen LogP contribution in [0.4, 0.5) is 5.69 Å². The van der Waals surface area contributed by atoms with Crippen LogP contribution in [0.3, 0.4) is 0 Å². The Bertz CT molecular complexity index is 1080. The summed E-state index contributed by atoms with van der Waals surface area (Å²) < 4.78 is 12.6. The van der Waals surface area contributed by atoms with Crippen LogP contribution in [0.25, 0.3) is 5.65 Å². The van der Waals surface area contributed by atoms with Crippen LogP contribution < -0.4 is 10.1 Å². The number of carbonyl (C=O) groups excluding carboxylic acids is 1. The predicted molar refractivity (Wildman–Crippen MR) is 97.7 cm³/mol. The van der Waals surface area contributed by atoms with Gasteiger partial charge >= 0.3 is 0 Å². The number of rotatable bonds is 5. The molecular formula is C19H17N5O3. The van der Waals surface area contributed by atoms with Crippen molar-refractivity contribution in [3.63, 3.8) is 0 Å². The molecule has 0 saturated heterocycles. The number of pyridine rings is 1. The highest BCUT2D eigenvalue weighted by atomic mass is 16.5. The fourth-order valence-electron chi connectivity index (χ4n) is 2.67. The van der Waals surface area contributed by atoms with E-state index in [0.717, 1.165) is 17.0 Å². The van der Waals surface area contributed by atoms with Gasteiger partial charge in [0.25, 0.3) is 5.91 Å². The van der Waals surface area contributed by atoms with E-state index in [-0.39, 0.29) is 5.91 Å². The third kappa shape index (κ3) is 3.50. The molecule has 0 radical (unpaired) electrons. The molecule has 136 valence electrons. The summed E-state index contributed by atoms with van der Waals surface area (Å²) in [5.41, 5.74) is 3.65. The average molecular weight is 363 g/mol. The van der Waals surface area contributed by atoms with Crippen molar-refractivity contribution in [2.75, 3.05) is 5.32 Å². The molecule has 1 amide bonds. The minimum Gasteiger partial charge on any atom is -0.489 e. The number of benzene rings is 1. The summed E-state index contributed by atoms with van der Waals surface area (Å²) in [5, 5.41) is 14.5. The lowest BCUT2D eigenvalue weighted by Gasteiger charge is -2.08. The molecule has 0 atom stereocenters. The fourth-order valence-corrected chi connectivity index (χ4v) is 2.67. The molecule has 0 bridgehead atoms. The van der Waals surface area contributed by atoms with Crippen LogP contribution in [0.2, 0.25) is 0 Å². The highest BCUT2D eigenvalue weighted by Gasteiger charge is 2.11. The minimum absolute atomic E-state index is 0.209. The van der Waals surface area contributed by atoms with Crippen LogP contribution in [0, 0.1) is 13.8 Å². The van der Waals surface area contributed by atoms with E-state index < -0.39 is 0 Å². The zero-order valence-corrected chi connectivity index (χ0v) is 14.8. The molecule has 0 aliphatic carbocycles. The van der Waals surface area contributed by atoms with Gasteiger partial charge in [-0.3, -0.25) is 9.20 Å². The predicted octanol–water partition coefficient (Wildman–Crippen LogP) is 3.17. The summed E-state index contributed by atoms with van der Waals surface area (Å²) in [6, 6.07) is 10.5. The van der Waals surface area contributed by atoms with Gasteiger partial charge in [-0.25, -0.2) is 0 Å². The molecule has 1 N–H and O–H groups in total. The van der Waals surface area contributed by atoms with E-state index in [4.69, 9.17) is 9.26 Å². The number of nitrogens with zero attached hydrogens (tertiary/aromatic N) is 4. The monoisotopic (exact) mass is 363 g/mol. The second kappa shape index (κ2) is 6.91. The number of amides is 1. The number of fused-ring (bicyclic) bond motifs is 1. The first-order chi connectivity index (χ1) is 13.1. The van der Waals surface area contributed by atoms with Crippen LogP contribution in [0.1, 0.15) is 27.4 Å². The van der Waals surface area contributed by atoms with Crippen molar-refractivity contribution in [3.8, 4) is 5.75 Å². The van der Waals surface area contributed by atoms with Crippen molar-refractivity contribution in [2.45, 2.75) is 20.5 Å². The third-order valence-electron chi connectivity index (χ3n) is 4.23. The maximum absolute atomic E-state index is 12.4. The number of aromatic nitrogens is 4. The quantitative estimate of drug-likeness (QED) is 0.585. The zero-order chi connectivity index (χ0) is 18.8. The highest BCUT2D eigenvalue weighted by molar-refractivity contribution is 6.04. The molecule has 0 aliphatic heterocycles. The molecule has 4 aromatic rings. The standard InChI is InChI=1S/C19H17N5O3/c1-12-17(13(2)27-23-12)10-26-16-6-3-14(4-7-16)19(25)21-15-5-8-18-22-20-11-24(18)9-15/h3-9,11H,10H2,1-2H3,(H,21,25). The summed E-state index contributed by atoms with van der Waals surface area (Å²) in [7, 11) is 0. The second-order valence-corrected chi connectivity index (χ2v) is 6.08. The number of aryl methyl sites for hydroxylation is 2. The molecule has 8 nitrogen and oxygen atoms in total. The van der Waals surface area contributed by atoms with Gasteiger partial charge in [0.2, 0.25) is 0 Å². The first-order valence-corrected chi connectivity index (χ1v) is 8.35. The molecule has 0 saturated carbocycles. The topological polar surface area (TPSA) is 94.5 Å². The number of ether oxygens (including phenoxy) is 1. The van der Waals surface area contributed by atoms with Crippen LogP contribution in [-0.2, 0) is 6.61 Å². The van der Waals surface area contributed by atoms with Crippen molar-refractivity contribution in [3.05, 3.63) is 71.5 Å². The first kappa shape index (κ1) is 16.8. The van der Waals surface area contributed by atoms with E-state index in [1.807, 2.05) is 13.8 Å². The second-order valence-electron chi connectivity index (χ2n) is 6.08. The van der Waals surface area contributed by atoms with Crippen molar-refractivity contribution >= 4 is 17.2 Å². The van der Waals surface area contributed by atoms with E-state index in [1.165, 1.54) is 0 Å². The number of carbonyl (C=O) groups is 1. The Morgan fingerprint density at radius 3 is 2.74 bits per heavy atom. The molecule has 4 rings (SSSR count). The molecule has 27 heavy (non-hydrogen) atoms. The summed E-state index contributed by atoms with van der Waals surface area (Å²) in [5.74, 6) is 1.20. The normalized spacial score (nSPS) is 10.9. The Hall–Kier alpha value is -3.68. The summed E-state index contributed by atoms with van der Waals surface area (Å²) in [4.78, 5) is 12.4. The van der Waals surface area contributed by atoms with Crippen LogP contribution in [0.5, 0.6) is 5.75 Å². The smallest absolute Gasteiger partial charge is 0.255 e. The van der Waals surface area contributed by atoms with Gasteiger partial charge in [-0.1, -0.05) is 5.16 Å². The highest BCUT2D eigenvalue weighted by Crippen LogP contribution is 2.18. The van der Waals surface area contributed by atoms with Gasteiger partial charge < -0.3 is 14.6 Å².